The van der Waals surface area contributed by atoms with Gasteiger partial charge in [-0.1, -0.05) is 31.5 Å². The summed E-state index contributed by atoms with van der Waals surface area (Å²) in [5.74, 6) is -0.155. The fourth-order valence-corrected chi connectivity index (χ4v) is 2.34. The number of hydrogen-bond acceptors (Lipinski definition) is 4. The topological polar surface area (TPSA) is 97.1 Å². The monoisotopic (exact) mass is 314 g/mol. The third-order valence-electron chi connectivity index (χ3n) is 3.49. The summed E-state index contributed by atoms with van der Waals surface area (Å²) in [5, 5.41) is 6.22. The number of amides is 2. The molecule has 23 heavy (non-hydrogen) atoms. The van der Waals surface area contributed by atoms with Crippen LogP contribution in [-0.4, -0.2) is 29.4 Å². The van der Waals surface area contributed by atoms with E-state index >= 15 is 0 Å². The second-order valence-corrected chi connectivity index (χ2v) is 5.32. The number of anilines is 1. The van der Waals surface area contributed by atoms with Crippen molar-refractivity contribution in [1.29, 1.82) is 0 Å². The highest BCUT2D eigenvalue weighted by Gasteiger charge is 2.16. The first kappa shape index (κ1) is 16.9. The Morgan fingerprint density at radius 3 is 2.70 bits per heavy atom. The number of hydrogen-bond donors (Lipinski definition) is 3. The Hall–Kier alpha value is -2.47. The molecular weight excluding hydrogens is 292 g/mol. The van der Waals surface area contributed by atoms with Crippen LogP contribution in [0.15, 0.2) is 30.3 Å². The number of pyridine rings is 1. The van der Waals surface area contributed by atoms with Gasteiger partial charge < -0.3 is 16.4 Å². The summed E-state index contributed by atoms with van der Waals surface area (Å²) < 4.78 is 0. The van der Waals surface area contributed by atoms with E-state index in [2.05, 4.69) is 15.6 Å². The Labute approximate surface area is 135 Å². The molecular formula is C17H22N4O2. The molecule has 122 valence electrons. The van der Waals surface area contributed by atoms with Crippen LogP contribution in [0, 0.1) is 0 Å². The number of carbonyl (C=O) groups is 2. The fraction of sp³-hybridized carbons (Fsp3) is 0.353. The summed E-state index contributed by atoms with van der Waals surface area (Å²) in [5.41, 5.74) is 6.95. The van der Waals surface area contributed by atoms with Crippen molar-refractivity contribution in [3.8, 4) is 0 Å². The molecule has 1 aromatic carbocycles. The molecule has 0 saturated carbocycles. The first-order valence-corrected chi connectivity index (χ1v) is 7.81. The summed E-state index contributed by atoms with van der Waals surface area (Å²) in [7, 11) is 0. The minimum Gasteiger partial charge on any atom is -0.352 e. The largest absolute Gasteiger partial charge is 0.352 e. The predicted octanol–water partition coefficient (Wildman–Crippen LogP) is 2.05. The van der Waals surface area contributed by atoms with Crippen LogP contribution in [0.1, 0.15) is 37.0 Å². The molecule has 2 amide bonds. The number of nitrogens with one attached hydrogen (secondary N) is 2. The molecule has 1 aromatic heterocycles. The van der Waals surface area contributed by atoms with E-state index in [1.165, 1.54) is 0 Å². The Bertz CT molecular complexity index is 715. The van der Waals surface area contributed by atoms with Crippen LogP contribution in [0.2, 0.25) is 0 Å². The summed E-state index contributed by atoms with van der Waals surface area (Å²) in [6.07, 6.45) is 1.42. The lowest BCUT2D eigenvalue weighted by Gasteiger charge is -2.13. The lowest BCUT2D eigenvalue weighted by molar-refractivity contribution is -0.117. The van der Waals surface area contributed by atoms with Gasteiger partial charge in [-0.2, -0.15) is 0 Å². The summed E-state index contributed by atoms with van der Waals surface area (Å²) in [6.45, 7) is 4.35. The van der Waals surface area contributed by atoms with Gasteiger partial charge in [-0.05, 0) is 25.5 Å². The Balaban J connectivity index is 2.38. The van der Waals surface area contributed by atoms with Crippen LogP contribution < -0.4 is 16.4 Å². The smallest absolute Gasteiger partial charge is 0.252 e. The van der Waals surface area contributed by atoms with Gasteiger partial charge >= 0.3 is 0 Å². The molecule has 0 radical (unpaired) electrons. The first-order valence-electron chi connectivity index (χ1n) is 7.81. The number of rotatable bonds is 6. The number of aromatic nitrogens is 1. The van der Waals surface area contributed by atoms with Crippen LogP contribution in [0.25, 0.3) is 10.9 Å². The molecule has 1 heterocycles. The average molecular weight is 314 g/mol. The summed E-state index contributed by atoms with van der Waals surface area (Å²) >= 11 is 0. The Kier molecular flexibility index (Phi) is 5.65. The Morgan fingerprint density at radius 2 is 2.00 bits per heavy atom. The lowest BCUT2D eigenvalue weighted by Crippen LogP contribution is -2.35. The number of benzene rings is 1. The molecule has 0 aliphatic heterocycles. The predicted molar refractivity (Wildman–Crippen MR) is 91.3 cm³/mol. The molecule has 4 N–H and O–H groups in total. The van der Waals surface area contributed by atoms with E-state index in [4.69, 9.17) is 5.73 Å². The molecule has 0 fully saturated rings. The maximum Gasteiger partial charge on any atom is 0.252 e. The maximum atomic E-state index is 12.3. The number of nitrogens with two attached hydrogens (primary N) is 1. The highest BCUT2D eigenvalue weighted by Crippen LogP contribution is 2.21. The highest BCUT2D eigenvalue weighted by molar-refractivity contribution is 6.07. The fourth-order valence-electron chi connectivity index (χ4n) is 2.34. The van der Waals surface area contributed by atoms with Crippen LogP contribution in [0.3, 0.4) is 0 Å². The molecule has 0 saturated heterocycles. The normalized spacial score (nSPS) is 12.0. The standard InChI is InChI=1S/C17H22N4O2/c1-3-7-13(18)17(23)21-15-10-12(16(22)19-4-2)11-8-5-6-9-14(11)20-15/h5-6,8-10,13H,3-4,7,18H2,1-2H3,(H,19,22)(H,20,21,23). The molecule has 1 unspecified atom stereocenters. The van der Waals surface area contributed by atoms with Gasteiger partial charge in [-0.3, -0.25) is 9.59 Å². The van der Waals surface area contributed by atoms with E-state index in [1.54, 1.807) is 12.1 Å². The van der Waals surface area contributed by atoms with Crippen molar-refractivity contribution < 1.29 is 9.59 Å². The van der Waals surface area contributed by atoms with Gasteiger partial charge in [0.25, 0.3) is 5.91 Å². The first-order chi connectivity index (χ1) is 11.1. The molecule has 0 spiro atoms. The van der Waals surface area contributed by atoms with Gasteiger partial charge in [0.2, 0.25) is 5.91 Å². The summed E-state index contributed by atoms with van der Waals surface area (Å²) in [4.78, 5) is 28.7. The average Bonchev–Trinajstić information content (AvgIpc) is 2.54. The van der Waals surface area contributed by atoms with Crippen molar-refractivity contribution in [2.45, 2.75) is 32.7 Å². The van der Waals surface area contributed by atoms with Gasteiger partial charge in [0, 0.05) is 11.9 Å². The zero-order valence-electron chi connectivity index (χ0n) is 13.4. The zero-order valence-corrected chi connectivity index (χ0v) is 13.4. The SMILES string of the molecule is CCCC(N)C(=O)Nc1cc(C(=O)NCC)c2ccccc2n1. The minimum absolute atomic E-state index is 0.195. The van der Waals surface area contributed by atoms with Crippen molar-refractivity contribution in [2.24, 2.45) is 5.73 Å². The van der Waals surface area contributed by atoms with E-state index in [0.717, 1.165) is 11.8 Å². The maximum absolute atomic E-state index is 12.3. The van der Waals surface area contributed by atoms with Crippen LogP contribution in [0.5, 0.6) is 0 Å². The molecule has 0 aliphatic carbocycles. The van der Waals surface area contributed by atoms with Crippen molar-refractivity contribution in [3.05, 3.63) is 35.9 Å². The number of nitrogens with zero attached hydrogens (tertiary/aromatic N) is 1. The van der Waals surface area contributed by atoms with Gasteiger partial charge in [0.1, 0.15) is 5.82 Å². The van der Waals surface area contributed by atoms with E-state index in [9.17, 15) is 9.59 Å². The third kappa shape index (κ3) is 4.04. The van der Waals surface area contributed by atoms with Gasteiger partial charge in [0.15, 0.2) is 0 Å². The van der Waals surface area contributed by atoms with Crippen molar-refractivity contribution in [2.75, 3.05) is 11.9 Å². The Morgan fingerprint density at radius 1 is 1.26 bits per heavy atom. The second-order valence-electron chi connectivity index (χ2n) is 5.32. The number of carbonyl (C=O) groups excluding carboxylic acids is 2. The van der Waals surface area contributed by atoms with Crippen molar-refractivity contribution >= 4 is 28.5 Å². The number of fused-ring (bicyclic) bond motifs is 1. The molecule has 0 bridgehead atoms. The van der Waals surface area contributed by atoms with Gasteiger partial charge in [0.05, 0.1) is 17.1 Å². The van der Waals surface area contributed by atoms with E-state index in [0.29, 0.717) is 29.9 Å². The molecule has 6 nitrogen and oxygen atoms in total. The van der Waals surface area contributed by atoms with Crippen molar-refractivity contribution in [1.82, 2.24) is 10.3 Å². The van der Waals surface area contributed by atoms with E-state index in [-0.39, 0.29) is 11.8 Å². The van der Waals surface area contributed by atoms with Crippen LogP contribution >= 0.6 is 0 Å². The highest BCUT2D eigenvalue weighted by atomic mass is 16.2. The quantitative estimate of drug-likeness (QED) is 0.760. The number of para-hydroxylation sites is 1. The zero-order chi connectivity index (χ0) is 16.8. The van der Waals surface area contributed by atoms with Crippen LogP contribution in [-0.2, 0) is 4.79 Å². The molecule has 0 aliphatic rings. The van der Waals surface area contributed by atoms with E-state index < -0.39 is 6.04 Å². The molecule has 1 atom stereocenters. The van der Waals surface area contributed by atoms with Crippen molar-refractivity contribution in [3.63, 3.8) is 0 Å². The molecule has 2 aromatic rings. The minimum atomic E-state index is -0.582. The molecule has 6 heteroatoms. The summed E-state index contributed by atoms with van der Waals surface area (Å²) in [6, 6.07) is 8.33. The molecule has 2 rings (SSSR count). The van der Waals surface area contributed by atoms with Gasteiger partial charge in [-0.15, -0.1) is 0 Å². The second kappa shape index (κ2) is 7.69. The van der Waals surface area contributed by atoms with Gasteiger partial charge in [-0.25, -0.2) is 4.98 Å². The van der Waals surface area contributed by atoms with Crippen LogP contribution in [0.4, 0.5) is 5.82 Å². The lowest BCUT2D eigenvalue weighted by atomic mass is 10.1. The third-order valence-corrected chi connectivity index (χ3v) is 3.49. The van der Waals surface area contributed by atoms with E-state index in [1.807, 2.05) is 32.0 Å².